The Morgan fingerprint density at radius 2 is 1.58 bits per heavy atom. The molecule has 0 fully saturated rings. The standard InChI is InChI=1S/C22H26N4O4S/c1-4-26-20(15-21(27)23-16-5-7-17(28-2)8-6-16)24-25-22(26)31-14-13-30-19-11-9-18(29-3)10-12-19/h5-12H,4,13-15H2,1-3H3,(H,23,27). The van der Waals surface area contributed by atoms with E-state index in [4.69, 9.17) is 14.2 Å². The van der Waals surface area contributed by atoms with Crippen LogP contribution in [0.3, 0.4) is 0 Å². The highest BCUT2D eigenvalue weighted by Crippen LogP contribution is 2.20. The number of ether oxygens (including phenoxy) is 3. The van der Waals surface area contributed by atoms with E-state index in [2.05, 4.69) is 15.5 Å². The normalized spacial score (nSPS) is 10.5. The average Bonchev–Trinajstić information content (AvgIpc) is 3.18. The molecule has 1 aromatic heterocycles. The van der Waals surface area contributed by atoms with Crippen molar-refractivity contribution in [2.45, 2.75) is 25.0 Å². The van der Waals surface area contributed by atoms with Crippen molar-refractivity contribution in [2.75, 3.05) is 31.9 Å². The second kappa shape index (κ2) is 11.3. The molecular weight excluding hydrogens is 416 g/mol. The Balaban J connectivity index is 1.50. The van der Waals surface area contributed by atoms with Crippen molar-refractivity contribution in [3.63, 3.8) is 0 Å². The van der Waals surface area contributed by atoms with Crippen molar-refractivity contribution in [3.05, 3.63) is 54.4 Å². The molecule has 0 bridgehead atoms. The van der Waals surface area contributed by atoms with Gasteiger partial charge in [-0.15, -0.1) is 10.2 Å². The quantitative estimate of drug-likeness (QED) is 0.358. The molecule has 0 saturated carbocycles. The molecular formula is C22H26N4O4S. The van der Waals surface area contributed by atoms with Crippen molar-refractivity contribution in [1.82, 2.24) is 14.8 Å². The molecule has 164 valence electrons. The van der Waals surface area contributed by atoms with E-state index >= 15 is 0 Å². The fourth-order valence-corrected chi connectivity index (χ4v) is 3.70. The first-order valence-corrected chi connectivity index (χ1v) is 10.9. The van der Waals surface area contributed by atoms with Gasteiger partial charge in [-0.2, -0.15) is 0 Å². The van der Waals surface area contributed by atoms with Crippen molar-refractivity contribution >= 4 is 23.4 Å². The zero-order chi connectivity index (χ0) is 22.1. The molecule has 8 nitrogen and oxygen atoms in total. The van der Waals surface area contributed by atoms with Gasteiger partial charge in [-0.3, -0.25) is 4.79 Å². The number of carbonyl (C=O) groups is 1. The molecule has 0 atom stereocenters. The predicted molar refractivity (Wildman–Crippen MR) is 120 cm³/mol. The van der Waals surface area contributed by atoms with Gasteiger partial charge in [0.1, 0.15) is 23.1 Å². The molecule has 1 amide bonds. The van der Waals surface area contributed by atoms with Gasteiger partial charge in [-0.25, -0.2) is 0 Å². The highest BCUT2D eigenvalue weighted by molar-refractivity contribution is 7.99. The van der Waals surface area contributed by atoms with E-state index in [9.17, 15) is 4.79 Å². The SMILES string of the molecule is CCn1c(CC(=O)Nc2ccc(OC)cc2)nnc1SCCOc1ccc(OC)cc1. The third kappa shape index (κ3) is 6.39. The first-order valence-electron chi connectivity index (χ1n) is 9.88. The van der Waals surface area contributed by atoms with Gasteiger partial charge in [-0.1, -0.05) is 11.8 Å². The Kier molecular flexibility index (Phi) is 8.17. The number of nitrogens with zero attached hydrogens (tertiary/aromatic N) is 3. The van der Waals surface area contributed by atoms with E-state index in [1.807, 2.05) is 35.8 Å². The largest absolute Gasteiger partial charge is 0.497 e. The Morgan fingerprint density at radius 3 is 2.19 bits per heavy atom. The van der Waals surface area contributed by atoms with Gasteiger partial charge >= 0.3 is 0 Å². The van der Waals surface area contributed by atoms with E-state index in [1.54, 1.807) is 50.2 Å². The third-order valence-corrected chi connectivity index (χ3v) is 5.38. The van der Waals surface area contributed by atoms with Crippen LogP contribution >= 0.6 is 11.8 Å². The summed E-state index contributed by atoms with van der Waals surface area (Å²) in [6, 6.07) is 14.7. The lowest BCUT2D eigenvalue weighted by Gasteiger charge is -2.09. The maximum atomic E-state index is 12.4. The molecule has 0 aliphatic rings. The minimum Gasteiger partial charge on any atom is -0.497 e. The number of hydrogen-bond donors (Lipinski definition) is 1. The van der Waals surface area contributed by atoms with Crippen LogP contribution in [0, 0.1) is 0 Å². The summed E-state index contributed by atoms with van der Waals surface area (Å²) in [6.45, 7) is 3.22. The number of hydrogen-bond acceptors (Lipinski definition) is 7. The zero-order valence-corrected chi connectivity index (χ0v) is 18.6. The van der Waals surface area contributed by atoms with Crippen molar-refractivity contribution < 1.29 is 19.0 Å². The molecule has 0 aliphatic carbocycles. The van der Waals surface area contributed by atoms with Gasteiger partial charge in [0.15, 0.2) is 5.16 Å². The van der Waals surface area contributed by atoms with Gasteiger partial charge in [0.05, 0.1) is 27.2 Å². The number of aromatic nitrogens is 3. The molecule has 0 saturated heterocycles. The summed E-state index contributed by atoms with van der Waals surface area (Å²) in [5.41, 5.74) is 0.707. The number of rotatable bonds is 11. The number of benzene rings is 2. The Hall–Kier alpha value is -3.20. The van der Waals surface area contributed by atoms with Gasteiger partial charge in [0.25, 0.3) is 0 Å². The smallest absolute Gasteiger partial charge is 0.232 e. The van der Waals surface area contributed by atoms with Gasteiger partial charge < -0.3 is 24.1 Å². The maximum absolute atomic E-state index is 12.4. The molecule has 1 heterocycles. The Labute approximate surface area is 185 Å². The summed E-state index contributed by atoms with van der Waals surface area (Å²) in [5, 5.41) is 12.1. The van der Waals surface area contributed by atoms with Gasteiger partial charge in [0, 0.05) is 18.0 Å². The van der Waals surface area contributed by atoms with Crippen LogP contribution in [0.15, 0.2) is 53.7 Å². The summed E-state index contributed by atoms with van der Waals surface area (Å²) in [4.78, 5) is 12.4. The minimum atomic E-state index is -0.147. The molecule has 3 rings (SSSR count). The van der Waals surface area contributed by atoms with Crippen molar-refractivity contribution in [1.29, 1.82) is 0 Å². The molecule has 9 heteroatoms. The van der Waals surface area contributed by atoms with Crippen LogP contribution < -0.4 is 19.5 Å². The second-order valence-electron chi connectivity index (χ2n) is 6.47. The van der Waals surface area contributed by atoms with E-state index < -0.39 is 0 Å². The number of thioether (sulfide) groups is 1. The van der Waals surface area contributed by atoms with Crippen molar-refractivity contribution in [2.24, 2.45) is 0 Å². The number of nitrogens with one attached hydrogen (secondary N) is 1. The van der Waals surface area contributed by atoms with Gasteiger partial charge in [0.2, 0.25) is 5.91 Å². The molecule has 2 aromatic carbocycles. The Bertz CT molecular complexity index is 974. The Morgan fingerprint density at radius 1 is 0.968 bits per heavy atom. The number of carbonyl (C=O) groups excluding carboxylic acids is 1. The zero-order valence-electron chi connectivity index (χ0n) is 17.8. The summed E-state index contributed by atoms with van der Waals surface area (Å²) in [6.07, 6.45) is 0.149. The van der Waals surface area contributed by atoms with Crippen LogP contribution in [0.2, 0.25) is 0 Å². The summed E-state index contributed by atoms with van der Waals surface area (Å²) in [7, 11) is 3.24. The lowest BCUT2D eigenvalue weighted by atomic mass is 10.3. The fraction of sp³-hybridized carbons (Fsp3) is 0.318. The molecule has 3 aromatic rings. The minimum absolute atomic E-state index is 0.147. The highest BCUT2D eigenvalue weighted by atomic mass is 32.2. The second-order valence-corrected chi connectivity index (χ2v) is 7.53. The monoisotopic (exact) mass is 442 g/mol. The molecule has 0 aliphatic heterocycles. The first-order chi connectivity index (χ1) is 15.1. The summed E-state index contributed by atoms with van der Waals surface area (Å²) >= 11 is 1.55. The number of anilines is 1. The molecule has 1 N–H and O–H groups in total. The predicted octanol–water partition coefficient (Wildman–Crippen LogP) is 3.67. The maximum Gasteiger partial charge on any atom is 0.232 e. The van der Waals surface area contributed by atoms with Crippen LogP contribution in [-0.4, -0.2) is 47.3 Å². The van der Waals surface area contributed by atoms with Crippen LogP contribution in [0.25, 0.3) is 0 Å². The number of methoxy groups -OCH3 is 2. The lowest BCUT2D eigenvalue weighted by molar-refractivity contribution is -0.115. The first kappa shape index (κ1) is 22.5. The van der Waals surface area contributed by atoms with Crippen LogP contribution in [0.5, 0.6) is 17.2 Å². The molecule has 0 unspecified atom stereocenters. The fourth-order valence-electron chi connectivity index (χ4n) is 2.86. The average molecular weight is 443 g/mol. The van der Waals surface area contributed by atoms with Crippen LogP contribution in [0.1, 0.15) is 12.7 Å². The lowest BCUT2D eigenvalue weighted by Crippen LogP contribution is -2.17. The van der Waals surface area contributed by atoms with Gasteiger partial charge in [-0.05, 0) is 55.5 Å². The van der Waals surface area contributed by atoms with E-state index in [0.717, 1.165) is 22.4 Å². The molecule has 0 spiro atoms. The molecule has 0 radical (unpaired) electrons. The van der Waals surface area contributed by atoms with Crippen LogP contribution in [0.4, 0.5) is 5.69 Å². The van der Waals surface area contributed by atoms with Crippen molar-refractivity contribution in [3.8, 4) is 17.2 Å². The molecule has 31 heavy (non-hydrogen) atoms. The topological polar surface area (TPSA) is 87.5 Å². The summed E-state index contributed by atoms with van der Waals surface area (Å²) < 4.78 is 18.0. The summed E-state index contributed by atoms with van der Waals surface area (Å²) in [5.74, 6) is 3.51. The van der Waals surface area contributed by atoms with E-state index in [-0.39, 0.29) is 12.3 Å². The van der Waals surface area contributed by atoms with Crippen LogP contribution in [-0.2, 0) is 17.8 Å². The number of amides is 1. The highest BCUT2D eigenvalue weighted by Gasteiger charge is 2.15. The van der Waals surface area contributed by atoms with E-state index in [0.29, 0.717) is 30.4 Å². The third-order valence-electron chi connectivity index (χ3n) is 4.44. The van der Waals surface area contributed by atoms with E-state index in [1.165, 1.54) is 0 Å².